The Morgan fingerprint density at radius 1 is 1.07 bits per heavy atom. The summed E-state index contributed by atoms with van der Waals surface area (Å²) in [7, 11) is 0. The van der Waals surface area contributed by atoms with Gasteiger partial charge in [0, 0.05) is 44.4 Å². The molecular weight excluding hydrogens is 377 g/mol. The van der Waals surface area contributed by atoms with Gasteiger partial charge in [-0.05, 0) is 62.1 Å². The van der Waals surface area contributed by atoms with E-state index >= 15 is 0 Å². The van der Waals surface area contributed by atoms with Gasteiger partial charge in [-0.15, -0.1) is 0 Å². The Morgan fingerprint density at radius 2 is 1.80 bits per heavy atom. The van der Waals surface area contributed by atoms with Gasteiger partial charge in [-0.1, -0.05) is 31.4 Å². The molecule has 162 valence electrons. The number of aromatic nitrogens is 2. The number of rotatable bonds is 6. The Bertz CT molecular complexity index is 839. The molecule has 1 saturated heterocycles. The molecule has 30 heavy (non-hydrogen) atoms. The minimum absolute atomic E-state index is 0.207. The largest absolute Gasteiger partial charge is 0.342 e. The molecule has 1 unspecified atom stereocenters. The normalized spacial score (nSPS) is 20.5. The molecule has 2 aliphatic rings. The molecule has 1 atom stereocenters. The van der Waals surface area contributed by atoms with Gasteiger partial charge in [-0.2, -0.15) is 0 Å². The Labute approximate surface area is 179 Å². The van der Waals surface area contributed by atoms with Gasteiger partial charge in [0.2, 0.25) is 5.91 Å². The fraction of sp³-hybridized carbons (Fsp3) is 0.600. The van der Waals surface area contributed by atoms with Gasteiger partial charge in [-0.3, -0.25) is 4.79 Å². The summed E-state index contributed by atoms with van der Waals surface area (Å²) in [5.41, 5.74) is 2.20. The minimum atomic E-state index is -0.207. The third kappa shape index (κ3) is 5.30. The summed E-state index contributed by atoms with van der Waals surface area (Å²) in [6, 6.07) is 6.70. The van der Waals surface area contributed by atoms with E-state index in [1.807, 2.05) is 18.3 Å². The zero-order chi connectivity index (χ0) is 20.9. The summed E-state index contributed by atoms with van der Waals surface area (Å²) in [6.45, 7) is 4.54. The van der Waals surface area contributed by atoms with E-state index < -0.39 is 0 Å². The maximum absolute atomic E-state index is 13.2. The van der Waals surface area contributed by atoms with Crippen LogP contribution in [0.1, 0.15) is 68.4 Å². The number of aryl methyl sites for hydroxylation is 1. The van der Waals surface area contributed by atoms with Crippen LogP contribution >= 0.6 is 0 Å². The first-order valence-electron chi connectivity index (χ1n) is 11.6. The molecule has 2 heterocycles. The second-order valence-electron chi connectivity index (χ2n) is 9.29. The van der Waals surface area contributed by atoms with E-state index in [4.69, 9.17) is 0 Å². The molecular formula is C25H34FN3O. The van der Waals surface area contributed by atoms with Crippen molar-refractivity contribution in [3.63, 3.8) is 0 Å². The monoisotopic (exact) mass is 411 g/mol. The number of amides is 1. The summed E-state index contributed by atoms with van der Waals surface area (Å²) in [5.74, 6) is 2.29. The second kappa shape index (κ2) is 9.76. The van der Waals surface area contributed by atoms with E-state index in [9.17, 15) is 9.18 Å². The number of piperidine rings is 1. The molecule has 5 heteroatoms. The molecule has 1 aliphatic heterocycles. The number of nitrogens with zero attached hydrogens (tertiary/aromatic N) is 3. The zero-order valence-corrected chi connectivity index (χ0v) is 18.2. The van der Waals surface area contributed by atoms with Gasteiger partial charge in [0.15, 0.2) is 0 Å². The van der Waals surface area contributed by atoms with Crippen LogP contribution in [-0.4, -0.2) is 33.4 Å². The number of likely N-dealkylation sites (tertiary alicyclic amines) is 1. The third-order valence-corrected chi connectivity index (χ3v) is 6.92. The lowest BCUT2D eigenvalue weighted by molar-refractivity contribution is -0.134. The van der Waals surface area contributed by atoms with E-state index in [-0.39, 0.29) is 5.82 Å². The number of hydrogen-bond donors (Lipinski definition) is 0. The highest BCUT2D eigenvalue weighted by molar-refractivity contribution is 5.76. The van der Waals surface area contributed by atoms with Crippen molar-refractivity contribution in [2.75, 3.05) is 13.1 Å². The number of hydrogen-bond acceptors (Lipinski definition) is 2. The van der Waals surface area contributed by atoms with Crippen molar-refractivity contribution < 1.29 is 9.18 Å². The SMILES string of the molecule is Cc1cnc(CC2CCCN(C(=O)CC3CCCCC3)C2)n1Cc1ccc(F)cc1. The molecule has 0 N–H and O–H groups in total. The van der Waals surface area contributed by atoms with Crippen molar-refractivity contribution in [3.05, 3.63) is 53.4 Å². The van der Waals surface area contributed by atoms with Crippen molar-refractivity contribution in [2.45, 2.75) is 71.3 Å². The summed E-state index contributed by atoms with van der Waals surface area (Å²) in [5, 5.41) is 0. The van der Waals surface area contributed by atoms with E-state index in [0.29, 0.717) is 24.3 Å². The average Bonchev–Trinajstić information content (AvgIpc) is 3.10. The molecule has 1 aromatic carbocycles. The van der Waals surface area contributed by atoms with Crippen LogP contribution in [0.25, 0.3) is 0 Å². The molecule has 1 aromatic heterocycles. The molecule has 1 aliphatic carbocycles. The number of carbonyl (C=O) groups is 1. The topological polar surface area (TPSA) is 38.1 Å². The van der Waals surface area contributed by atoms with Crippen LogP contribution in [0.3, 0.4) is 0 Å². The van der Waals surface area contributed by atoms with Gasteiger partial charge in [0.25, 0.3) is 0 Å². The highest BCUT2D eigenvalue weighted by atomic mass is 19.1. The summed E-state index contributed by atoms with van der Waals surface area (Å²) < 4.78 is 15.5. The number of imidazole rings is 1. The van der Waals surface area contributed by atoms with Crippen molar-refractivity contribution in [1.82, 2.24) is 14.5 Å². The highest BCUT2D eigenvalue weighted by Crippen LogP contribution is 2.28. The van der Waals surface area contributed by atoms with E-state index in [0.717, 1.165) is 55.9 Å². The summed E-state index contributed by atoms with van der Waals surface area (Å²) >= 11 is 0. The van der Waals surface area contributed by atoms with E-state index in [1.54, 1.807) is 0 Å². The number of carbonyl (C=O) groups excluding carboxylic acids is 1. The highest BCUT2D eigenvalue weighted by Gasteiger charge is 2.27. The Hall–Kier alpha value is -2.17. The Balaban J connectivity index is 1.37. The molecule has 2 aromatic rings. The molecule has 4 nitrogen and oxygen atoms in total. The van der Waals surface area contributed by atoms with Gasteiger partial charge in [0.1, 0.15) is 11.6 Å². The molecule has 1 amide bonds. The van der Waals surface area contributed by atoms with Crippen LogP contribution in [-0.2, 0) is 17.8 Å². The van der Waals surface area contributed by atoms with Crippen LogP contribution in [0.2, 0.25) is 0 Å². The first-order valence-corrected chi connectivity index (χ1v) is 11.6. The standard InChI is InChI=1S/C25H34FN3O/c1-19-16-27-24(29(19)18-21-9-11-23(26)12-10-21)14-22-8-5-13-28(17-22)25(30)15-20-6-3-2-4-7-20/h9-12,16,20,22H,2-8,13-15,17-18H2,1H3. The zero-order valence-electron chi connectivity index (χ0n) is 18.2. The molecule has 1 saturated carbocycles. The number of halogens is 1. The third-order valence-electron chi connectivity index (χ3n) is 6.92. The van der Waals surface area contributed by atoms with Crippen LogP contribution in [0.15, 0.2) is 30.5 Å². The van der Waals surface area contributed by atoms with Crippen LogP contribution in [0.4, 0.5) is 4.39 Å². The predicted molar refractivity (Wildman–Crippen MR) is 117 cm³/mol. The van der Waals surface area contributed by atoms with Crippen LogP contribution < -0.4 is 0 Å². The first kappa shape index (κ1) is 21.1. The summed E-state index contributed by atoms with van der Waals surface area (Å²) in [4.78, 5) is 19.7. The fourth-order valence-corrected chi connectivity index (χ4v) is 5.15. The van der Waals surface area contributed by atoms with Gasteiger partial charge in [0.05, 0.1) is 0 Å². The Kier molecular flexibility index (Phi) is 6.86. The van der Waals surface area contributed by atoms with Crippen molar-refractivity contribution in [2.24, 2.45) is 11.8 Å². The Morgan fingerprint density at radius 3 is 2.57 bits per heavy atom. The van der Waals surface area contributed by atoms with Crippen molar-refractivity contribution in [1.29, 1.82) is 0 Å². The maximum Gasteiger partial charge on any atom is 0.222 e. The minimum Gasteiger partial charge on any atom is -0.342 e. The lowest BCUT2D eigenvalue weighted by Crippen LogP contribution is -2.41. The van der Waals surface area contributed by atoms with Crippen molar-refractivity contribution in [3.8, 4) is 0 Å². The molecule has 0 radical (unpaired) electrons. The first-order chi connectivity index (χ1) is 14.6. The maximum atomic E-state index is 13.2. The van der Waals surface area contributed by atoms with Gasteiger partial charge >= 0.3 is 0 Å². The molecule has 0 spiro atoms. The van der Waals surface area contributed by atoms with Gasteiger partial charge in [-0.25, -0.2) is 9.37 Å². The fourth-order valence-electron chi connectivity index (χ4n) is 5.15. The van der Waals surface area contributed by atoms with Gasteiger partial charge < -0.3 is 9.47 Å². The predicted octanol–water partition coefficient (Wildman–Crippen LogP) is 5.13. The number of benzene rings is 1. The smallest absolute Gasteiger partial charge is 0.222 e. The summed E-state index contributed by atoms with van der Waals surface area (Å²) in [6.07, 6.45) is 12.1. The van der Waals surface area contributed by atoms with Crippen molar-refractivity contribution >= 4 is 5.91 Å². The van der Waals surface area contributed by atoms with Crippen LogP contribution in [0.5, 0.6) is 0 Å². The van der Waals surface area contributed by atoms with E-state index in [1.165, 1.54) is 44.2 Å². The quantitative estimate of drug-likeness (QED) is 0.661. The van der Waals surface area contributed by atoms with E-state index in [2.05, 4.69) is 21.4 Å². The van der Waals surface area contributed by atoms with Crippen LogP contribution in [0, 0.1) is 24.6 Å². The second-order valence-corrected chi connectivity index (χ2v) is 9.29. The lowest BCUT2D eigenvalue weighted by atomic mass is 9.86. The molecule has 2 fully saturated rings. The molecule has 0 bridgehead atoms. The lowest BCUT2D eigenvalue weighted by Gasteiger charge is -2.34. The average molecular weight is 412 g/mol. The molecule has 4 rings (SSSR count).